The summed E-state index contributed by atoms with van der Waals surface area (Å²) in [7, 11) is 1.95. The summed E-state index contributed by atoms with van der Waals surface area (Å²) in [5, 5.41) is 0.527. The zero-order valence-electron chi connectivity index (χ0n) is 20.1. The molecule has 5 rings (SSSR count). The largest absolute Gasteiger partial charge is 0.447 e. The van der Waals surface area contributed by atoms with Crippen LogP contribution >= 0.6 is 11.6 Å². The number of ether oxygens (including phenoxy) is 1. The minimum absolute atomic E-state index is 0.0321. The molecule has 0 saturated carbocycles. The molecule has 1 atom stereocenters. The van der Waals surface area contributed by atoms with Crippen molar-refractivity contribution in [2.45, 2.75) is 6.04 Å². The molecule has 2 aliphatic rings. The number of rotatable bonds is 3. The van der Waals surface area contributed by atoms with E-state index >= 15 is 0 Å². The van der Waals surface area contributed by atoms with Crippen molar-refractivity contribution in [1.29, 1.82) is 0 Å². The number of aromatic nitrogens is 1. The Hall–Kier alpha value is -4.00. The number of benzene rings is 2. The van der Waals surface area contributed by atoms with Gasteiger partial charge in [0, 0.05) is 36.1 Å². The van der Waals surface area contributed by atoms with Crippen LogP contribution in [0.4, 0.5) is 25.1 Å². The quantitative estimate of drug-likeness (QED) is 0.453. The molecular formula is C27H25ClF2N4O3. The molecule has 10 heteroatoms. The maximum absolute atomic E-state index is 13.4. The van der Waals surface area contributed by atoms with Gasteiger partial charge >= 0.3 is 6.09 Å². The lowest BCUT2D eigenvalue weighted by Crippen LogP contribution is -2.49. The van der Waals surface area contributed by atoms with Gasteiger partial charge in [-0.3, -0.25) is 19.5 Å². The molecule has 0 bridgehead atoms. The molecule has 2 aliphatic heterocycles. The maximum Gasteiger partial charge on any atom is 0.415 e. The van der Waals surface area contributed by atoms with E-state index in [1.54, 1.807) is 35.4 Å². The number of likely N-dealkylation sites (N-methyl/N-ethyl adjacent to an activating group) is 1. The van der Waals surface area contributed by atoms with Gasteiger partial charge in [-0.15, -0.1) is 12.8 Å². The predicted molar refractivity (Wildman–Crippen MR) is 138 cm³/mol. The minimum atomic E-state index is -0.694. The van der Waals surface area contributed by atoms with Crippen LogP contribution in [0.3, 0.4) is 0 Å². The van der Waals surface area contributed by atoms with Crippen LogP contribution in [0.2, 0.25) is 5.02 Å². The van der Waals surface area contributed by atoms with Gasteiger partial charge in [-0.05, 0) is 61.1 Å². The first kappa shape index (κ1) is 27.6. The van der Waals surface area contributed by atoms with Gasteiger partial charge < -0.3 is 4.74 Å². The first-order chi connectivity index (χ1) is 17.8. The van der Waals surface area contributed by atoms with Crippen molar-refractivity contribution in [3.8, 4) is 12.8 Å². The number of cyclic esters (lactones) is 1. The molecule has 0 N–H and O–H groups in total. The maximum atomic E-state index is 13.4. The van der Waals surface area contributed by atoms with Crippen molar-refractivity contribution in [2.24, 2.45) is 0 Å². The number of halogens is 3. The fraction of sp³-hybridized carbons (Fsp3) is 0.222. The molecule has 3 aromatic rings. The van der Waals surface area contributed by atoms with E-state index in [0.29, 0.717) is 22.8 Å². The molecule has 2 saturated heterocycles. The van der Waals surface area contributed by atoms with Crippen LogP contribution in [-0.4, -0.2) is 55.2 Å². The highest BCUT2D eigenvalue weighted by Crippen LogP contribution is 2.34. The molecule has 37 heavy (non-hydrogen) atoms. The zero-order valence-corrected chi connectivity index (χ0v) is 20.8. The number of nitrogens with zero attached hydrogens (tertiary/aromatic N) is 4. The van der Waals surface area contributed by atoms with E-state index in [0.717, 1.165) is 25.0 Å². The second kappa shape index (κ2) is 12.8. The van der Waals surface area contributed by atoms with Crippen molar-refractivity contribution >= 4 is 35.1 Å². The number of amides is 2. The number of carbonyl (C=O) groups is 2. The van der Waals surface area contributed by atoms with E-state index in [1.165, 1.54) is 17.0 Å². The number of carbonyl (C=O) groups excluding carboxylic acids is 2. The summed E-state index contributed by atoms with van der Waals surface area (Å²) < 4.78 is 31.7. The standard InChI is InChI=1S/C15H10ClF2NO2.C10H13N3O.C2H2/c16-10-1-3-13(4-2-10)19-14(8-21-15(19)20)9-5-11(17)7-12(18)6-9;1-12-6-7-13(10(14)8-12)9-4-2-3-5-11-9;1-2/h1-7,14H,8H2;2-5H,6-8H2,1H3;1-2H/t14-;;/m1../s1. The van der Waals surface area contributed by atoms with Gasteiger partial charge in [0.2, 0.25) is 5.91 Å². The molecule has 0 unspecified atom stereocenters. The lowest BCUT2D eigenvalue weighted by atomic mass is 10.1. The van der Waals surface area contributed by atoms with Crippen LogP contribution < -0.4 is 9.80 Å². The second-order valence-corrected chi connectivity index (χ2v) is 8.55. The fourth-order valence-corrected chi connectivity index (χ4v) is 3.99. The molecule has 192 valence electrons. The molecule has 2 fully saturated rings. The number of anilines is 2. The molecule has 2 amide bonds. The summed E-state index contributed by atoms with van der Waals surface area (Å²) in [5.41, 5.74) is 0.893. The van der Waals surface area contributed by atoms with Crippen molar-refractivity contribution in [3.63, 3.8) is 0 Å². The first-order valence-corrected chi connectivity index (χ1v) is 11.6. The van der Waals surface area contributed by atoms with Crippen molar-refractivity contribution in [2.75, 3.05) is 43.1 Å². The van der Waals surface area contributed by atoms with E-state index in [2.05, 4.69) is 17.8 Å². The van der Waals surface area contributed by atoms with Gasteiger partial charge in [0.15, 0.2) is 0 Å². The third kappa shape index (κ3) is 7.03. The van der Waals surface area contributed by atoms with Crippen molar-refractivity contribution < 1.29 is 23.1 Å². The normalized spacial score (nSPS) is 17.3. The monoisotopic (exact) mass is 526 g/mol. The highest BCUT2D eigenvalue weighted by atomic mass is 35.5. The lowest BCUT2D eigenvalue weighted by Gasteiger charge is -2.31. The van der Waals surface area contributed by atoms with Crippen LogP contribution in [0.5, 0.6) is 0 Å². The number of pyridine rings is 1. The molecule has 3 heterocycles. The van der Waals surface area contributed by atoms with Crippen LogP contribution in [0.1, 0.15) is 11.6 Å². The van der Waals surface area contributed by atoms with Crippen LogP contribution in [0, 0.1) is 24.5 Å². The summed E-state index contributed by atoms with van der Waals surface area (Å²) in [5.74, 6) is -0.510. The Morgan fingerprint density at radius 2 is 1.68 bits per heavy atom. The lowest BCUT2D eigenvalue weighted by molar-refractivity contribution is -0.120. The Labute approximate surface area is 219 Å². The van der Waals surface area contributed by atoms with Crippen LogP contribution in [0.15, 0.2) is 66.9 Å². The zero-order chi connectivity index (χ0) is 26.9. The summed E-state index contributed by atoms with van der Waals surface area (Å²) in [6.45, 7) is 2.15. The topological polar surface area (TPSA) is 66.0 Å². The highest BCUT2D eigenvalue weighted by Gasteiger charge is 2.35. The predicted octanol–water partition coefficient (Wildman–Crippen LogP) is 4.93. The third-order valence-electron chi connectivity index (χ3n) is 5.58. The molecule has 0 aliphatic carbocycles. The fourth-order valence-electron chi connectivity index (χ4n) is 3.87. The number of piperazine rings is 1. The summed E-state index contributed by atoms with van der Waals surface area (Å²) >= 11 is 5.82. The van der Waals surface area contributed by atoms with Crippen molar-refractivity contribution in [3.05, 3.63) is 89.1 Å². The summed E-state index contributed by atoms with van der Waals surface area (Å²) in [4.78, 5) is 32.8. The van der Waals surface area contributed by atoms with Gasteiger partial charge in [0.1, 0.15) is 24.1 Å². The molecule has 2 aromatic carbocycles. The summed E-state index contributed by atoms with van der Waals surface area (Å²) in [6, 6.07) is 14.8. The van der Waals surface area contributed by atoms with Gasteiger partial charge in [0.25, 0.3) is 0 Å². The van der Waals surface area contributed by atoms with E-state index in [-0.39, 0.29) is 12.5 Å². The van der Waals surface area contributed by atoms with Gasteiger partial charge in [-0.25, -0.2) is 18.6 Å². The molecule has 0 spiro atoms. The Kier molecular flexibility index (Phi) is 9.55. The Morgan fingerprint density at radius 3 is 2.27 bits per heavy atom. The molecule has 1 aromatic heterocycles. The highest BCUT2D eigenvalue weighted by molar-refractivity contribution is 6.30. The second-order valence-electron chi connectivity index (χ2n) is 8.11. The SMILES string of the molecule is C#C.CN1CCN(c2ccccn2)C(=O)C1.O=C1OC[C@H](c2cc(F)cc(F)c2)N1c1ccc(Cl)cc1. The van der Waals surface area contributed by atoms with Gasteiger partial charge in [0.05, 0.1) is 12.6 Å². The number of terminal acetylenes is 1. The Balaban J connectivity index is 0.000000207. The average molecular weight is 527 g/mol. The van der Waals surface area contributed by atoms with Crippen molar-refractivity contribution in [1.82, 2.24) is 9.88 Å². The number of hydrogen-bond donors (Lipinski definition) is 0. The van der Waals surface area contributed by atoms with E-state index < -0.39 is 23.8 Å². The Morgan fingerprint density at radius 1 is 1.00 bits per heavy atom. The first-order valence-electron chi connectivity index (χ1n) is 11.2. The van der Waals surface area contributed by atoms with Crippen LogP contribution in [0.25, 0.3) is 0 Å². The minimum Gasteiger partial charge on any atom is -0.447 e. The summed E-state index contributed by atoms with van der Waals surface area (Å²) in [6.07, 6.45) is 9.15. The van der Waals surface area contributed by atoms with Crippen LogP contribution in [-0.2, 0) is 9.53 Å². The molecule has 0 radical (unpaired) electrons. The number of hydrogen-bond acceptors (Lipinski definition) is 5. The van der Waals surface area contributed by atoms with Gasteiger partial charge in [-0.1, -0.05) is 17.7 Å². The molecule has 7 nitrogen and oxygen atoms in total. The van der Waals surface area contributed by atoms with E-state index in [4.69, 9.17) is 16.3 Å². The average Bonchev–Trinajstić information content (AvgIpc) is 3.27. The van der Waals surface area contributed by atoms with E-state index in [9.17, 15) is 18.4 Å². The van der Waals surface area contributed by atoms with E-state index in [1.807, 2.05) is 30.1 Å². The smallest absolute Gasteiger partial charge is 0.415 e. The van der Waals surface area contributed by atoms with Gasteiger partial charge in [-0.2, -0.15) is 0 Å². The molecular weight excluding hydrogens is 502 g/mol. The third-order valence-corrected chi connectivity index (χ3v) is 5.84. The Bertz CT molecular complexity index is 1220.